The van der Waals surface area contributed by atoms with Crippen LogP contribution in [0.15, 0.2) is 33.7 Å². The maximum absolute atomic E-state index is 11.5. The van der Waals surface area contributed by atoms with Gasteiger partial charge in [-0.2, -0.15) is 0 Å². The lowest BCUT2D eigenvalue weighted by molar-refractivity contribution is 0.528. The van der Waals surface area contributed by atoms with Gasteiger partial charge in [-0.1, -0.05) is 0 Å². The molecule has 0 spiro atoms. The Morgan fingerprint density at radius 2 is 2.21 bits per heavy atom. The van der Waals surface area contributed by atoms with Crippen LogP contribution < -0.4 is 11.1 Å². The van der Waals surface area contributed by atoms with Crippen LogP contribution in [-0.2, 0) is 7.05 Å². The standard InChI is InChI=1S/C12H11N5O2/c1-13-11-10(16-15-6-14-11)7-3-4-9-8(5-7)17(2)12(18)19-9/h3-6H,1-2H3,(H,13,14,15). The summed E-state index contributed by atoms with van der Waals surface area (Å²) in [6.45, 7) is 0. The van der Waals surface area contributed by atoms with Crippen LogP contribution in [0, 0.1) is 0 Å². The summed E-state index contributed by atoms with van der Waals surface area (Å²) in [5, 5.41) is 10.8. The topological polar surface area (TPSA) is 85.8 Å². The van der Waals surface area contributed by atoms with Crippen molar-refractivity contribution < 1.29 is 4.42 Å². The van der Waals surface area contributed by atoms with Gasteiger partial charge in [-0.3, -0.25) is 4.57 Å². The molecule has 0 aliphatic carbocycles. The number of nitrogens with one attached hydrogen (secondary N) is 1. The summed E-state index contributed by atoms with van der Waals surface area (Å²) in [5.74, 6) is 0.237. The molecule has 0 saturated carbocycles. The third-order valence-corrected chi connectivity index (χ3v) is 2.92. The number of hydrogen-bond donors (Lipinski definition) is 1. The van der Waals surface area contributed by atoms with Gasteiger partial charge in [0.1, 0.15) is 12.0 Å². The monoisotopic (exact) mass is 257 g/mol. The van der Waals surface area contributed by atoms with E-state index in [-0.39, 0.29) is 0 Å². The van der Waals surface area contributed by atoms with Crippen molar-refractivity contribution in [2.24, 2.45) is 7.05 Å². The van der Waals surface area contributed by atoms with E-state index in [1.807, 2.05) is 12.1 Å². The van der Waals surface area contributed by atoms with E-state index in [4.69, 9.17) is 4.42 Å². The molecule has 7 heteroatoms. The van der Waals surface area contributed by atoms with Gasteiger partial charge >= 0.3 is 5.76 Å². The van der Waals surface area contributed by atoms with Crippen LogP contribution in [-0.4, -0.2) is 26.8 Å². The lowest BCUT2D eigenvalue weighted by Gasteiger charge is -2.05. The van der Waals surface area contributed by atoms with Gasteiger partial charge in [0.05, 0.1) is 5.52 Å². The SMILES string of the molecule is CNc1ncnnc1-c1ccc2oc(=O)n(C)c2c1. The van der Waals surface area contributed by atoms with Crippen molar-refractivity contribution in [3.8, 4) is 11.3 Å². The lowest BCUT2D eigenvalue weighted by Crippen LogP contribution is -2.08. The number of oxazole rings is 1. The molecule has 19 heavy (non-hydrogen) atoms. The van der Waals surface area contributed by atoms with Gasteiger partial charge in [0.2, 0.25) is 0 Å². The van der Waals surface area contributed by atoms with Crippen molar-refractivity contribution in [1.29, 1.82) is 0 Å². The molecule has 0 saturated heterocycles. The summed E-state index contributed by atoms with van der Waals surface area (Å²) >= 11 is 0. The van der Waals surface area contributed by atoms with Crippen molar-refractivity contribution in [3.05, 3.63) is 35.1 Å². The maximum Gasteiger partial charge on any atom is 0.419 e. The highest BCUT2D eigenvalue weighted by Crippen LogP contribution is 2.25. The first-order valence-corrected chi connectivity index (χ1v) is 5.66. The van der Waals surface area contributed by atoms with Crippen molar-refractivity contribution >= 4 is 16.9 Å². The van der Waals surface area contributed by atoms with E-state index in [1.165, 1.54) is 10.9 Å². The molecule has 2 heterocycles. The summed E-state index contributed by atoms with van der Waals surface area (Å²) in [5.41, 5.74) is 2.68. The quantitative estimate of drug-likeness (QED) is 0.737. The third-order valence-electron chi connectivity index (χ3n) is 2.92. The average Bonchev–Trinajstić information content (AvgIpc) is 2.74. The zero-order chi connectivity index (χ0) is 13.4. The van der Waals surface area contributed by atoms with Crippen LogP contribution >= 0.6 is 0 Å². The predicted molar refractivity (Wildman–Crippen MR) is 69.8 cm³/mol. The van der Waals surface area contributed by atoms with Gasteiger partial charge in [0.25, 0.3) is 0 Å². The Kier molecular flexibility index (Phi) is 2.52. The second kappa shape index (κ2) is 4.20. The fourth-order valence-electron chi connectivity index (χ4n) is 1.93. The highest BCUT2D eigenvalue weighted by molar-refractivity contribution is 5.82. The zero-order valence-electron chi connectivity index (χ0n) is 10.4. The first kappa shape index (κ1) is 11.4. The van der Waals surface area contributed by atoms with Gasteiger partial charge in [-0.25, -0.2) is 9.78 Å². The molecule has 0 aliphatic heterocycles. The number of hydrogen-bond acceptors (Lipinski definition) is 6. The van der Waals surface area contributed by atoms with E-state index in [0.29, 0.717) is 22.6 Å². The number of aromatic nitrogens is 4. The van der Waals surface area contributed by atoms with E-state index in [9.17, 15) is 4.79 Å². The Bertz CT molecular complexity index is 805. The zero-order valence-corrected chi connectivity index (χ0v) is 10.4. The van der Waals surface area contributed by atoms with Crippen LogP contribution in [0.25, 0.3) is 22.4 Å². The summed E-state index contributed by atoms with van der Waals surface area (Å²) in [4.78, 5) is 15.6. The lowest BCUT2D eigenvalue weighted by atomic mass is 10.1. The molecule has 0 bridgehead atoms. The minimum absolute atomic E-state index is 0.390. The molecule has 3 aromatic rings. The number of aryl methyl sites for hydroxylation is 1. The molecule has 0 unspecified atom stereocenters. The van der Waals surface area contributed by atoms with Crippen molar-refractivity contribution in [1.82, 2.24) is 19.7 Å². The number of benzene rings is 1. The first-order valence-electron chi connectivity index (χ1n) is 5.66. The van der Waals surface area contributed by atoms with E-state index in [1.54, 1.807) is 20.2 Å². The van der Waals surface area contributed by atoms with Crippen LogP contribution in [0.3, 0.4) is 0 Å². The highest BCUT2D eigenvalue weighted by atomic mass is 16.4. The molecular weight excluding hydrogens is 246 g/mol. The maximum atomic E-state index is 11.5. The van der Waals surface area contributed by atoms with Crippen LogP contribution in [0.2, 0.25) is 0 Å². The van der Waals surface area contributed by atoms with Crippen LogP contribution in [0.4, 0.5) is 5.82 Å². The normalized spacial score (nSPS) is 10.8. The highest BCUT2D eigenvalue weighted by Gasteiger charge is 2.11. The van der Waals surface area contributed by atoms with E-state index in [2.05, 4.69) is 20.5 Å². The molecular formula is C12H11N5O2. The number of fused-ring (bicyclic) bond motifs is 1. The number of anilines is 1. The molecule has 1 N–H and O–H groups in total. The Balaban J connectivity index is 2.25. The minimum Gasteiger partial charge on any atom is -0.408 e. The molecule has 2 aromatic heterocycles. The molecule has 0 aliphatic rings. The molecule has 96 valence electrons. The Hall–Kier alpha value is -2.70. The predicted octanol–water partition coefficient (Wildman–Crippen LogP) is 1.03. The van der Waals surface area contributed by atoms with E-state index >= 15 is 0 Å². The van der Waals surface area contributed by atoms with E-state index < -0.39 is 5.76 Å². The number of rotatable bonds is 2. The van der Waals surface area contributed by atoms with Gasteiger partial charge in [0, 0.05) is 19.7 Å². The summed E-state index contributed by atoms with van der Waals surface area (Å²) in [6.07, 6.45) is 1.38. The molecule has 0 radical (unpaired) electrons. The van der Waals surface area contributed by atoms with Crippen molar-refractivity contribution in [2.45, 2.75) is 0 Å². The fourth-order valence-corrected chi connectivity index (χ4v) is 1.93. The first-order chi connectivity index (χ1) is 9.20. The molecule has 1 aromatic carbocycles. The van der Waals surface area contributed by atoms with E-state index in [0.717, 1.165) is 5.56 Å². The van der Waals surface area contributed by atoms with Crippen LogP contribution in [0.1, 0.15) is 0 Å². The Morgan fingerprint density at radius 3 is 3.00 bits per heavy atom. The Morgan fingerprint density at radius 1 is 1.37 bits per heavy atom. The third kappa shape index (κ3) is 1.75. The molecule has 7 nitrogen and oxygen atoms in total. The average molecular weight is 257 g/mol. The number of nitrogens with zero attached hydrogens (tertiary/aromatic N) is 4. The molecule has 0 atom stereocenters. The fraction of sp³-hybridized carbons (Fsp3) is 0.167. The Labute approximate surface area is 107 Å². The van der Waals surface area contributed by atoms with Crippen LogP contribution in [0.5, 0.6) is 0 Å². The smallest absolute Gasteiger partial charge is 0.408 e. The van der Waals surface area contributed by atoms with Gasteiger partial charge in [-0.15, -0.1) is 10.2 Å². The molecule has 0 fully saturated rings. The summed E-state index contributed by atoms with van der Waals surface area (Å²) in [6, 6.07) is 5.38. The van der Waals surface area contributed by atoms with Crippen molar-refractivity contribution in [2.75, 3.05) is 12.4 Å². The largest absolute Gasteiger partial charge is 0.419 e. The summed E-state index contributed by atoms with van der Waals surface area (Å²) in [7, 11) is 3.42. The summed E-state index contributed by atoms with van der Waals surface area (Å²) < 4.78 is 6.53. The molecule has 3 rings (SSSR count). The van der Waals surface area contributed by atoms with Gasteiger partial charge < -0.3 is 9.73 Å². The van der Waals surface area contributed by atoms with Gasteiger partial charge in [0.15, 0.2) is 11.4 Å². The second-order valence-corrected chi connectivity index (χ2v) is 4.02. The van der Waals surface area contributed by atoms with Gasteiger partial charge in [-0.05, 0) is 18.2 Å². The molecule has 0 amide bonds. The minimum atomic E-state index is -0.390. The van der Waals surface area contributed by atoms with Crippen molar-refractivity contribution in [3.63, 3.8) is 0 Å². The second-order valence-electron chi connectivity index (χ2n) is 4.02.